The van der Waals surface area contributed by atoms with Crippen LogP contribution in [0.15, 0.2) is 0 Å². The molecule has 0 aromatic carbocycles. The molecule has 17 heavy (non-hydrogen) atoms. The van der Waals surface area contributed by atoms with Gasteiger partial charge in [-0.15, -0.1) is 0 Å². The lowest BCUT2D eigenvalue weighted by molar-refractivity contribution is 0.0825. The Balaban J connectivity index is 1.80. The van der Waals surface area contributed by atoms with Crippen molar-refractivity contribution in [3.63, 3.8) is 0 Å². The van der Waals surface area contributed by atoms with Crippen LogP contribution in [-0.2, 0) is 4.74 Å². The van der Waals surface area contributed by atoms with Crippen molar-refractivity contribution >= 4 is 0 Å². The molecule has 2 rings (SSSR count). The van der Waals surface area contributed by atoms with Crippen LogP contribution in [-0.4, -0.2) is 25.3 Å². The first-order chi connectivity index (χ1) is 8.13. The SMILES string of the molecule is CCC1OCCC1CNC1CCCCC1(C)C. The van der Waals surface area contributed by atoms with Gasteiger partial charge in [-0.25, -0.2) is 0 Å². The fraction of sp³-hybridized carbons (Fsp3) is 1.00. The largest absolute Gasteiger partial charge is 0.378 e. The Morgan fingerprint density at radius 1 is 1.24 bits per heavy atom. The highest BCUT2D eigenvalue weighted by Crippen LogP contribution is 2.35. The van der Waals surface area contributed by atoms with Crippen LogP contribution in [0.5, 0.6) is 0 Å². The topological polar surface area (TPSA) is 21.3 Å². The van der Waals surface area contributed by atoms with Crippen molar-refractivity contribution in [2.75, 3.05) is 13.2 Å². The van der Waals surface area contributed by atoms with Crippen molar-refractivity contribution in [1.82, 2.24) is 5.32 Å². The fourth-order valence-electron chi connectivity index (χ4n) is 3.54. The second-order valence-electron chi connectivity index (χ2n) is 6.56. The molecule has 1 saturated heterocycles. The van der Waals surface area contributed by atoms with Gasteiger partial charge in [0.05, 0.1) is 6.10 Å². The first-order valence-corrected chi connectivity index (χ1v) is 7.48. The summed E-state index contributed by atoms with van der Waals surface area (Å²) < 4.78 is 5.77. The summed E-state index contributed by atoms with van der Waals surface area (Å²) in [5, 5.41) is 3.84. The molecule has 100 valence electrons. The molecule has 1 aliphatic heterocycles. The highest BCUT2D eigenvalue weighted by molar-refractivity contribution is 4.89. The molecule has 0 aromatic heterocycles. The lowest BCUT2D eigenvalue weighted by Crippen LogP contribution is -2.46. The third-order valence-electron chi connectivity index (χ3n) is 4.88. The van der Waals surface area contributed by atoms with Crippen LogP contribution in [0.3, 0.4) is 0 Å². The Kier molecular flexibility index (Phi) is 4.48. The highest BCUT2D eigenvalue weighted by atomic mass is 16.5. The number of rotatable bonds is 4. The number of ether oxygens (including phenoxy) is 1. The Bertz CT molecular complexity index is 239. The van der Waals surface area contributed by atoms with Gasteiger partial charge in [-0.1, -0.05) is 33.6 Å². The smallest absolute Gasteiger partial charge is 0.0613 e. The van der Waals surface area contributed by atoms with Crippen molar-refractivity contribution in [2.24, 2.45) is 11.3 Å². The van der Waals surface area contributed by atoms with E-state index in [2.05, 4.69) is 26.1 Å². The fourth-order valence-corrected chi connectivity index (χ4v) is 3.54. The van der Waals surface area contributed by atoms with Gasteiger partial charge in [0.25, 0.3) is 0 Å². The van der Waals surface area contributed by atoms with Gasteiger partial charge in [-0.05, 0) is 37.0 Å². The van der Waals surface area contributed by atoms with E-state index in [-0.39, 0.29) is 0 Å². The first kappa shape index (κ1) is 13.4. The summed E-state index contributed by atoms with van der Waals surface area (Å²) >= 11 is 0. The quantitative estimate of drug-likeness (QED) is 0.812. The number of hydrogen-bond acceptors (Lipinski definition) is 2. The predicted octanol–water partition coefficient (Wildman–Crippen LogP) is 3.36. The van der Waals surface area contributed by atoms with E-state index < -0.39 is 0 Å². The maximum absolute atomic E-state index is 5.77. The van der Waals surface area contributed by atoms with Gasteiger partial charge in [-0.2, -0.15) is 0 Å². The zero-order valence-corrected chi connectivity index (χ0v) is 11.8. The maximum Gasteiger partial charge on any atom is 0.0613 e. The summed E-state index contributed by atoms with van der Waals surface area (Å²) in [5.41, 5.74) is 0.486. The van der Waals surface area contributed by atoms with E-state index in [9.17, 15) is 0 Å². The van der Waals surface area contributed by atoms with E-state index in [0.717, 1.165) is 19.1 Å². The van der Waals surface area contributed by atoms with E-state index in [1.54, 1.807) is 0 Å². The summed E-state index contributed by atoms with van der Waals surface area (Å²) in [4.78, 5) is 0. The Morgan fingerprint density at radius 3 is 2.76 bits per heavy atom. The molecule has 0 amide bonds. The summed E-state index contributed by atoms with van der Waals surface area (Å²) in [5.74, 6) is 0.748. The maximum atomic E-state index is 5.77. The van der Waals surface area contributed by atoms with Crippen LogP contribution in [0.25, 0.3) is 0 Å². The zero-order valence-electron chi connectivity index (χ0n) is 11.8. The molecule has 1 aliphatic carbocycles. The van der Waals surface area contributed by atoms with Crippen molar-refractivity contribution in [3.05, 3.63) is 0 Å². The van der Waals surface area contributed by atoms with Crippen LogP contribution in [0.1, 0.15) is 59.3 Å². The first-order valence-electron chi connectivity index (χ1n) is 7.48. The minimum atomic E-state index is 0.486. The van der Waals surface area contributed by atoms with Gasteiger partial charge >= 0.3 is 0 Å². The van der Waals surface area contributed by atoms with E-state index >= 15 is 0 Å². The molecule has 2 fully saturated rings. The van der Waals surface area contributed by atoms with Crippen LogP contribution in [0.2, 0.25) is 0 Å². The third kappa shape index (κ3) is 3.23. The van der Waals surface area contributed by atoms with Crippen LogP contribution >= 0.6 is 0 Å². The van der Waals surface area contributed by atoms with E-state index in [1.165, 1.54) is 38.5 Å². The molecule has 0 radical (unpaired) electrons. The molecule has 3 atom stereocenters. The Morgan fingerprint density at radius 2 is 2.06 bits per heavy atom. The molecule has 2 nitrogen and oxygen atoms in total. The van der Waals surface area contributed by atoms with E-state index in [0.29, 0.717) is 17.6 Å². The summed E-state index contributed by atoms with van der Waals surface area (Å²) in [6, 6.07) is 0.717. The molecule has 1 heterocycles. The van der Waals surface area contributed by atoms with Gasteiger partial charge in [0.2, 0.25) is 0 Å². The molecule has 3 unspecified atom stereocenters. The van der Waals surface area contributed by atoms with Crippen molar-refractivity contribution in [2.45, 2.75) is 71.4 Å². The van der Waals surface area contributed by atoms with E-state index in [4.69, 9.17) is 4.74 Å². The van der Waals surface area contributed by atoms with Gasteiger partial charge in [0.1, 0.15) is 0 Å². The van der Waals surface area contributed by atoms with Gasteiger partial charge in [0, 0.05) is 19.2 Å². The summed E-state index contributed by atoms with van der Waals surface area (Å²) in [6.45, 7) is 9.22. The van der Waals surface area contributed by atoms with Crippen LogP contribution in [0.4, 0.5) is 0 Å². The van der Waals surface area contributed by atoms with Crippen molar-refractivity contribution in [1.29, 1.82) is 0 Å². The Labute approximate surface area is 107 Å². The predicted molar refractivity (Wildman–Crippen MR) is 72.2 cm³/mol. The van der Waals surface area contributed by atoms with Gasteiger partial charge < -0.3 is 10.1 Å². The Hall–Kier alpha value is -0.0800. The van der Waals surface area contributed by atoms with Crippen LogP contribution in [0, 0.1) is 11.3 Å². The third-order valence-corrected chi connectivity index (χ3v) is 4.88. The lowest BCUT2D eigenvalue weighted by atomic mass is 9.73. The van der Waals surface area contributed by atoms with Gasteiger partial charge in [0.15, 0.2) is 0 Å². The molecule has 0 spiro atoms. The van der Waals surface area contributed by atoms with E-state index in [1.807, 2.05) is 0 Å². The summed E-state index contributed by atoms with van der Waals surface area (Å²) in [7, 11) is 0. The summed E-state index contributed by atoms with van der Waals surface area (Å²) in [6.07, 6.45) is 8.48. The highest BCUT2D eigenvalue weighted by Gasteiger charge is 2.33. The van der Waals surface area contributed by atoms with Crippen molar-refractivity contribution < 1.29 is 4.74 Å². The minimum Gasteiger partial charge on any atom is -0.378 e. The molecule has 1 N–H and O–H groups in total. The monoisotopic (exact) mass is 239 g/mol. The van der Waals surface area contributed by atoms with Crippen LogP contribution < -0.4 is 5.32 Å². The number of hydrogen-bond donors (Lipinski definition) is 1. The number of nitrogens with one attached hydrogen (secondary N) is 1. The molecule has 1 saturated carbocycles. The normalized spacial score (nSPS) is 37.2. The second-order valence-corrected chi connectivity index (χ2v) is 6.56. The second kappa shape index (κ2) is 5.71. The molecular formula is C15H29NO. The van der Waals surface area contributed by atoms with Crippen molar-refractivity contribution in [3.8, 4) is 0 Å². The molecule has 2 heteroatoms. The zero-order chi connectivity index (χ0) is 12.3. The minimum absolute atomic E-state index is 0.486. The molecule has 2 aliphatic rings. The molecule has 0 aromatic rings. The molecular weight excluding hydrogens is 210 g/mol. The standard InChI is InChI=1S/C15H29NO/c1-4-13-12(8-10-17-13)11-16-14-7-5-6-9-15(14,2)3/h12-14,16H,4-11H2,1-3H3. The average molecular weight is 239 g/mol. The van der Waals surface area contributed by atoms with Gasteiger partial charge in [-0.3, -0.25) is 0 Å². The average Bonchev–Trinajstić information content (AvgIpc) is 2.74. The molecule has 0 bridgehead atoms. The lowest BCUT2D eigenvalue weighted by Gasteiger charge is -2.40.